The van der Waals surface area contributed by atoms with Gasteiger partial charge in [0.05, 0.1) is 12.0 Å². The Kier molecular flexibility index (Phi) is 3.71. The van der Waals surface area contributed by atoms with Gasteiger partial charge < -0.3 is 15.4 Å². The molecule has 1 amide bonds. The molecule has 1 aromatic rings. The first kappa shape index (κ1) is 12.3. The van der Waals surface area contributed by atoms with Crippen molar-refractivity contribution >= 4 is 11.9 Å². The van der Waals surface area contributed by atoms with Crippen molar-refractivity contribution in [1.82, 2.24) is 10.3 Å². The first-order valence-corrected chi connectivity index (χ1v) is 5.04. The third-order valence-corrected chi connectivity index (χ3v) is 2.32. The molecule has 1 rings (SSSR count). The molecule has 0 saturated heterocycles. The zero-order valence-electron chi connectivity index (χ0n) is 9.41. The summed E-state index contributed by atoms with van der Waals surface area (Å²) in [6.07, 6.45) is 1.74. The maximum absolute atomic E-state index is 11.5. The monoisotopic (exact) mass is 224 g/mol. The molecule has 0 bridgehead atoms. The van der Waals surface area contributed by atoms with Gasteiger partial charge in [0.15, 0.2) is 0 Å². The second kappa shape index (κ2) is 4.83. The average molecular weight is 224 g/mol. The number of carboxylic acids is 1. The summed E-state index contributed by atoms with van der Waals surface area (Å²) in [5.74, 6) is -1.23. The second-order valence-corrected chi connectivity index (χ2v) is 4.34. The van der Waals surface area contributed by atoms with Crippen molar-refractivity contribution < 1.29 is 14.7 Å². The number of aliphatic carboxylic acids is 1. The maximum atomic E-state index is 11.5. The molecule has 0 saturated carbocycles. The highest BCUT2D eigenvalue weighted by Crippen LogP contribution is 2.19. The summed E-state index contributed by atoms with van der Waals surface area (Å²) < 4.78 is 0. The first-order chi connectivity index (χ1) is 7.42. The summed E-state index contributed by atoms with van der Waals surface area (Å²) in [4.78, 5) is 25.2. The van der Waals surface area contributed by atoms with Crippen molar-refractivity contribution in [3.05, 3.63) is 24.0 Å². The van der Waals surface area contributed by atoms with Crippen molar-refractivity contribution in [3.63, 3.8) is 0 Å². The number of carbonyl (C=O) groups excluding carboxylic acids is 1. The highest BCUT2D eigenvalue weighted by atomic mass is 16.4. The van der Waals surface area contributed by atoms with Crippen LogP contribution in [-0.2, 0) is 16.1 Å². The normalized spacial score (nSPS) is 11.1. The zero-order chi connectivity index (χ0) is 12.2. The highest BCUT2D eigenvalue weighted by Gasteiger charge is 2.29. The minimum absolute atomic E-state index is 0.0248. The van der Waals surface area contributed by atoms with Crippen molar-refractivity contribution in [2.24, 2.45) is 5.41 Å². The van der Waals surface area contributed by atoms with Crippen LogP contribution < -0.4 is 5.32 Å². The number of carboxylic acid groups (broad SMARTS) is 1. The van der Waals surface area contributed by atoms with E-state index in [0.717, 1.165) is 5.69 Å². The second-order valence-electron chi connectivity index (χ2n) is 4.34. The first-order valence-electron chi connectivity index (χ1n) is 5.04. The van der Waals surface area contributed by atoms with E-state index in [9.17, 15) is 9.59 Å². The van der Waals surface area contributed by atoms with Gasteiger partial charge in [-0.25, -0.2) is 0 Å². The number of amides is 1. The van der Waals surface area contributed by atoms with Gasteiger partial charge in [0, 0.05) is 18.3 Å². The molecule has 3 N–H and O–H groups in total. The Morgan fingerprint density at radius 2 is 2.19 bits per heavy atom. The molecule has 0 fully saturated rings. The molecule has 0 aliphatic carbocycles. The van der Waals surface area contributed by atoms with E-state index in [1.54, 1.807) is 6.20 Å². The quantitative estimate of drug-likeness (QED) is 0.701. The van der Waals surface area contributed by atoms with Gasteiger partial charge in [0.1, 0.15) is 0 Å². The molecule has 0 radical (unpaired) electrons. The minimum Gasteiger partial charge on any atom is -0.481 e. The fourth-order valence-corrected chi connectivity index (χ4v) is 1.21. The smallest absolute Gasteiger partial charge is 0.309 e. The molecular weight excluding hydrogens is 208 g/mol. The van der Waals surface area contributed by atoms with E-state index >= 15 is 0 Å². The average Bonchev–Trinajstić information content (AvgIpc) is 2.66. The van der Waals surface area contributed by atoms with Gasteiger partial charge in [-0.2, -0.15) is 0 Å². The maximum Gasteiger partial charge on any atom is 0.309 e. The number of aromatic amines is 1. The molecule has 0 atom stereocenters. The molecule has 1 heterocycles. The minimum atomic E-state index is -1.03. The van der Waals surface area contributed by atoms with Crippen LogP contribution in [0.25, 0.3) is 0 Å². The van der Waals surface area contributed by atoms with Crippen LogP contribution in [0.3, 0.4) is 0 Å². The van der Waals surface area contributed by atoms with Crippen LogP contribution in [0.5, 0.6) is 0 Å². The van der Waals surface area contributed by atoms with Crippen LogP contribution in [0, 0.1) is 5.41 Å². The standard InChI is InChI=1S/C11H16N2O3/c1-11(2,10(15)16)6-9(14)13-7-8-4-3-5-12-8/h3-5,12H,6-7H2,1-2H3,(H,13,14)(H,15,16). The Labute approximate surface area is 93.9 Å². The van der Waals surface area contributed by atoms with Gasteiger partial charge in [-0.3, -0.25) is 9.59 Å². The Morgan fingerprint density at radius 3 is 2.69 bits per heavy atom. The Morgan fingerprint density at radius 1 is 1.50 bits per heavy atom. The van der Waals surface area contributed by atoms with Crippen LogP contribution >= 0.6 is 0 Å². The number of nitrogens with one attached hydrogen (secondary N) is 2. The number of aromatic nitrogens is 1. The van der Waals surface area contributed by atoms with E-state index in [1.165, 1.54) is 13.8 Å². The number of hydrogen-bond donors (Lipinski definition) is 3. The fourth-order valence-electron chi connectivity index (χ4n) is 1.21. The van der Waals surface area contributed by atoms with Crippen molar-refractivity contribution in [1.29, 1.82) is 0 Å². The molecule has 0 aliphatic heterocycles. The van der Waals surface area contributed by atoms with Crippen LogP contribution in [0.4, 0.5) is 0 Å². The van der Waals surface area contributed by atoms with Crippen molar-refractivity contribution in [2.75, 3.05) is 0 Å². The Bertz CT molecular complexity index is 369. The van der Waals surface area contributed by atoms with Gasteiger partial charge in [-0.05, 0) is 26.0 Å². The molecule has 5 nitrogen and oxygen atoms in total. The lowest BCUT2D eigenvalue weighted by Gasteiger charge is -2.17. The predicted octanol–water partition coefficient (Wildman–Crippen LogP) is 1.13. The molecule has 0 unspecified atom stereocenters. The molecule has 88 valence electrons. The van der Waals surface area contributed by atoms with Crippen LogP contribution in [0.15, 0.2) is 18.3 Å². The summed E-state index contributed by atoms with van der Waals surface area (Å²) in [7, 11) is 0. The van der Waals surface area contributed by atoms with E-state index < -0.39 is 11.4 Å². The summed E-state index contributed by atoms with van der Waals surface area (Å²) in [5.41, 5.74) is -0.138. The summed E-state index contributed by atoms with van der Waals surface area (Å²) in [6, 6.07) is 3.69. The van der Waals surface area contributed by atoms with E-state index in [0.29, 0.717) is 6.54 Å². The van der Waals surface area contributed by atoms with Gasteiger partial charge in [-0.1, -0.05) is 0 Å². The van der Waals surface area contributed by atoms with Crippen LogP contribution in [0.2, 0.25) is 0 Å². The summed E-state index contributed by atoms with van der Waals surface area (Å²) in [6.45, 7) is 3.45. The van der Waals surface area contributed by atoms with E-state index in [-0.39, 0.29) is 12.3 Å². The molecule has 1 aromatic heterocycles. The third kappa shape index (κ3) is 3.42. The number of carbonyl (C=O) groups is 2. The lowest BCUT2D eigenvalue weighted by molar-refractivity contribution is -0.149. The number of rotatable bonds is 5. The predicted molar refractivity (Wildman–Crippen MR) is 58.7 cm³/mol. The molecule has 16 heavy (non-hydrogen) atoms. The Hall–Kier alpha value is -1.78. The van der Waals surface area contributed by atoms with Gasteiger partial charge >= 0.3 is 5.97 Å². The lowest BCUT2D eigenvalue weighted by atomic mass is 9.89. The Balaban J connectivity index is 2.39. The van der Waals surface area contributed by atoms with Gasteiger partial charge in [0.25, 0.3) is 0 Å². The van der Waals surface area contributed by atoms with E-state index in [4.69, 9.17) is 5.11 Å². The topological polar surface area (TPSA) is 82.2 Å². The SMILES string of the molecule is CC(C)(CC(=O)NCc1ccc[nH]1)C(=O)O. The molecule has 0 aromatic carbocycles. The van der Waals surface area contributed by atoms with Gasteiger partial charge in [0.2, 0.25) is 5.91 Å². The zero-order valence-corrected chi connectivity index (χ0v) is 9.41. The van der Waals surface area contributed by atoms with Gasteiger partial charge in [-0.15, -0.1) is 0 Å². The van der Waals surface area contributed by atoms with Crippen LogP contribution in [-0.4, -0.2) is 22.0 Å². The lowest BCUT2D eigenvalue weighted by Crippen LogP contribution is -2.33. The fraction of sp³-hybridized carbons (Fsp3) is 0.455. The third-order valence-electron chi connectivity index (χ3n) is 2.32. The highest BCUT2D eigenvalue weighted by molar-refractivity contribution is 5.84. The molecule has 0 spiro atoms. The van der Waals surface area contributed by atoms with E-state index in [2.05, 4.69) is 10.3 Å². The van der Waals surface area contributed by atoms with E-state index in [1.807, 2.05) is 12.1 Å². The molecular formula is C11H16N2O3. The van der Waals surface area contributed by atoms with Crippen molar-refractivity contribution in [3.8, 4) is 0 Å². The van der Waals surface area contributed by atoms with Crippen molar-refractivity contribution in [2.45, 2.75) is 26.8 Å². The number of H-pyrrole nitrogens is 1. The largest absolute Gasteiger partial charge is 0.481 e. The van der Waals surface area contributed by atoms with Crippen LogP contribution in [0.1, 0.15) is 26.0 Å². The molecule has 0 aliphatic rings. The summed E-state index contributed by atoms with van der Waals surface area (Å²) in [5, 5.41) is 11.5. The number of hydrogen-bond acceptors (Lipinski definition) is 2. The summed E-state index contributed by atoms with van der Waals surface area (Å²) >= 11 is 0. The molecule has 5 heteroatoms.